The van der Waals surface area contributed by atoms with Crippen molar-refractivity contribution in [1.29, 1.82) is 0 Å². The molecule has 27 heavy (non-hydrogen) atoms. The predicted molar refractivity (Wildman–Crippen MR) is 100 cm³/mol. The average molecular weight is 368 g/mol. The van der Waals surface area contributed by atoms with Gasteiger partial charge in [-0.2, -0.15) is 5.10 Å². The number of fused-ring (bicyclic) bond motifs is 4. The highest BCUT2D eigenvalue weighted by molar-refractivity contribution is 5.96. The van der Waals surface area contributed by atoms with Crippen LogP contribution in [-0.2, 0) is 9.53 Å². The summed E-state index contributed by atoms with van der Waals surface area (Å²) >= 11 is 0. The normalized spacial score (nSPS) is 22.2. The van der Waals surface area contributed by atoms with Gasteiger partial charge in [0.15, 0.2) is 0 Å². The SMILES string of the molecule is COCCN1C(=O)[C@@H]2CC[C@H]1CN(C(=O)c1cccc(-c3cn[nH]c3)c1)C2. The number of benzene rings is 1. The van der Waals surface area contributed by atoms with E-state index >= 15 is 0 Å². The van der Waals surface area contributed by atoms with Crippen molar-refractivity contribution in [3.63, 3.8) is 0 Å². The molecule has 7 nitrogen and oxygen atoms in total. The molecule has 2 amide bonds. The van der Waals surface area contributed by atoms with Gasteiger partial charge in [0.05, 0.1) is 18.7 Å². The topological polar surface area (TPSA) is 78.5 Å². The first-order valence-electron chi connectivity index (χ1n) is 9.35. The van der Waals surface area contributed by atoms with Crippen LogP contribution < -0.4 is 0 Å². The van der Waals surface area contributed by atoms with Crippen molar-refractivity contribution in [1.82, 2.24) is 20.0 Å². The van der Waals surface area contributed by atoms with E-state index in [4.69, 9.17) is 4.74 Å². The fourth-order valence-corrected chi connectivity index (χ4v) is 4.11. The van der Waals surface area contributed by atoms with Crippen molar-refractivity contribution in [3.8, 4) is 11.1 Å². The highest BCUT2D eigenvalue weighted by atomic mass is 16.5. The maximum Gasteiger partial charge on any atom is 0.253 e. The monoisotopic (exact) mass is 368 g/mol. The van der Waals surface area contributed by atoms with Crippen molar-refractivity contribution in [2.24, 2.45) is 5.92 Å². The molecule has 0 aliphatic carbocycles. The molecule has 1 N–H and O–H groups in total. The number of nitrogens with one attached hydrogen (secondary N) is 1. The van der Waals surface area contributed by atoms with Crippen LogP contribution in [0.15, 0.2) is 36.7 Å². The van der Waals surface area contributed by atoms with Crippen LogP contribution in [0.4, 0.5) is 0 Å². The van der Waals surface area contributed by atoms with Gasteiger partial charge in [-0.25, -0.2) is 0 Å². The van der Waals surface area contributed by atoms with Gasteiger partial charge < -0.3 is 14.5 Å². The van der Waals surface area contributed by atoms with Gasteiger partial charge in [-0.15, -0.1) is 0 Å². The van der Waals surface area contributed by atoms with E-state index in [2.05, 4.69) is 10.2 Å². The summed E-state index contributed by atoms with van der Waals surface area (Å²) in [5.41, 5.74) is 2.54. The van der Waals surface area contributed by atoms with Crippen LogP contribution in [0.1, 0.15) is 23.2 Å². The number of hydrogen-bond acceptors (Lipinski definition) is 4. The molecule has 2 aromatic rings. The number of hydrogen-bond donors (Lipinski definition) is 1. The lowest BCUT2D eigenvalue weighted by molar-refractivity contribution is -0.140. The van der Waals surface area contributed by atoms with Crippen LogP contribution in [0.2, 0.25) is 0 Å². The molecule has 1 aromatic heterocycles. The summed E-state index contributed by atoms with van der Waals surface area (Å²) in [6, 6.07) is 7.66. The lowest BCUT2D eigenvalue weighted by Crippen LogP contribution is -2.49. The Bertz CT molecular complexity index is 820. The number of nitrogens with zero attached hydrogens (tertiary/aromatic N) is 3. The van der Waals surface area contributed by atoms with E-state index in [1.807, 2.05) is 40.3 Å². The quantitative estimate of drug-likeness (QED) is 0.873. The smallest absolute Gasteiger partial charge is 0.253 e. The Morgan fingerprint density at radius 1 is 1.30 bits per heavy atom. The number of amides is 2. The summed E-state index contributed by atoms with van der Waals surface area (Å²) in [7, 11) is 1.64. The Labute approximate surface area is 158 Å². The van der Waals surface area contributed by atoms with Crippen molar-refractivity contribution >= 4 is 11.8 Å². The van der Waals surface area contributed by atoms with Crippen molar-refractivity contribution in [2.45, 2.75) is 18.9 Å². The molecule has 5 rings (SSSR count). The first kappa shape index (κ1) is 17.7. The second-order valence-electron chi connectivity index (χ2n) is 7.23. The summed E-state index contributed by atoms with van der Waals surface area (Å²) in [6.45, 7) is 2.19. The van der Waals surface area contributed by atoms with E-state index in [9.17, 15) is 9.59 Å². The second kappa shape index (κ2) is 7.52. The first-order valence-corrected chi connectivity index (χ1v) is 9.35. The molecule has 0 unspecified atom stereocenters. The molecule has 3 aliphatic heterocycles. The van der Waals surface area contributed by atoms with E-state index in [0.29, 0.717) is 31.8 Å². The van der Waals surface area contributed by atoms with Crippen LogP contribution in [0, 0.1) is 5.92 Å². The Morgan fingerprint density at radius 2 is 2.19 bits per heavy atom. The molecular weight excluding hydrogens is 344 g/mol. The van der Waals surface area contributed by atoms with E-state index in [1.165, 1.54) is 0 Å². The molecule has 142 valence electrons. The van der Waals surface area contributed by atoms with Crippen molar-refractivity contribution in [3.05, 3.63) is 42.2 Å². The fourth-order valence-electron chi connectivity index (χ4n) is 4.11. The lowest BCUT2D eigenvalue weighted by atomic mass is 9.94. The first-order chi connectivity index (χ1) is 13.2. The molecule has 1 aromatic carbocycles. The zero-order valence-corrected chi connectivity index (χ0v) is 15.4. The van der Waals surface area contributed by atoms with Gasteiger partial charge in [-0.3, -0.25) is 14.7 Å². The Hall–Kier alpha value is -2.67. The predicted octanol–water partition coefficient (Wildman–Crippen LogP) is 1.79. The number of aromatic amines is 1. The number of H-pyrrole nitrogens is 1. The Morgan fingerprint density at radius 3 is 2.96 bits per heavy atom. The molecule has 3 aliphatic rings. The summed E-state index contributed by atoms with van der Waals surface area (Å²) in [5, 5.41) is 6.77. The standard InChI is InChI=1S/C20H24N4O3/c1-27-8-7-24-18-6-5-16(20(24)26)12-23(13-18)19(25)15-4-2-3-14(9-15)17-10-21-22-11-17/h2-4,9-11,16,18H,5-8,12-13H2,1H3,(H,21,22)/t16-,18+/m1/s1. The number of carbonyl (C=O) groups is 2. The van der Waals surface area contributed by atoms with Gasteiger partial charge in [0, 0.05) is 50.1 Å². The zero-order valence-electron chi connectivity index (χ0n) is 15.4. The molecule has 2 atom stereocenters. The maximum absolute atomic E-state index is 13.2. The molecule has 0 spiro atoms. The molecule has 3 saturated heterocycles. The number of aromatic nitrogens is 2. The molecule has 0 radical (unpaired) electrons. The molecule has 7 heteroatoms. The Balaban J connectivity index is 1.55. The summed E-state index contributed by atoms with van der Waals surface area (Å²) in [5.74, 6) is 0.0333. The number of rotatable bonds is 5. The Kier molecular flexibility index (Phi) is 4.94. The average Bonchev–Trinajstić information content (AvgIpc) is 3.10. The largest absolute Gasteiger partial charge is 0.383 e. The van der Waals surface area contributed by atoms with E-state index in [0.717, 1.165) is 24.0 Å². The third kappa shape index (κ3) is 3.47. The molecular formula is C20H24N4O3. The van der Waals surface area contributed by atoms with Crippen molar-refractivity contribution < 1.29 is 14.3 Å². The summed E-state index contributed by atoms with van der Waals surface area (Å²) in [6.07, 6.45) is 5.34. The number of methoxy groups -OCH3 is 1. The van der Waals surface area contributed by atoms with Gasteiger partial charge in [0.2, 0.25) is 5.91 Å². The second-order valence-corrected chi connectivity index (χ2v) is 7.23. The minimum Gasteiger partial charge on any atom is -0.383 e. The molecule has 2 bridgehead atoms. The van der Waals surface area contributed by atoms with Crippen LogP contribution in [0.5, 0.6) is 0 Å². The van der Waals surface area contributed by atoms with E-state index in [1.54, 1.807) is 13.3 Å². The fraction of sp³-hybridized carbons (Fsp3) is 0.450. The van der Waals surface area contributed by atoms with Crippen LogP contribution in [0.25, 0.3) is 11.1 Å². The minimum absolute atomic E-state index is 0.0152. The van der Waals surface area contributed by atoms with Gasteiger partial charge in [-0.05, 0) is 30.5 Å². The van der Waals surface area contributed by atoms with Crippen molar-refractivity contribution in [2.75, 3.05) is 33.4 Å². The molecule has 4 heterocycles. The van der Waals surface area contributed by atoms with Gasteiger partial charge >= 0.3 is 0 Å². The highest BCUT2D eigenvalue weighted by Crippen LogP contribution is 2.30. The highest BCUT2D eigenvalue weighted by Gasteiger charge is 2.41. The number of ether oxygens (including phenoxy) is 1. The van der Waals surface area contributed by atoms with Crippen LogP contribution in [-0.4, -0.2) is 71.2 Å². The zero-order chi connectivity index (χ0) is 18.8. The van der Waals surface area contributed by atoms with Gasteiger partial charge in [0.1, 0.15) is 0 Å². The van der Waals surface area contributed by atoms with Gasteiger partial charge in [-0.1, -0.05) is 12.1 Å². The minimum atomic E-state index is -0.110. The number of piperidine rings is 1. The van der Waals surface area contributed by atoms with Crippen LogP contribution in [0.3, 0.4) is 0 Å². The van der Waals surface area contributed by atoms with Crippen LogP contribution >= 0.6 is 0 Å². The van der Waals surface area contributed by atoms with E-state index in [-0.39, 0.29) is 23.8 Å². The molecule has 3 fully saturated rings. The number of carbonyl (C=O) groups excluding carboxylic acids is 2. The summed E-state index contributed by atoms with van der Waals surface area (Å²) in [4.78, 5) is 29.7. The third-order valence-electron chi connectivity index (χ3n) is 5.56. The van der Waals surface area contributed by atoms with E-state index < -0.39 is 0 Å². The maximum atomic E-state index is 13.2. The molecule has 0 saturated carbocycles. The summed E-state index contributed by atoms with van der Waals surface area (Å²) < 4.78 is 5.15. The lowest BCUT2D eigenvalue weighted by Gasteiger charge is -2.35. The third-order valence-corrected chi connectivity index (χ3v) is 5.56. The van der Waals surface area contributed by atoms with Gasteiger partial charge in [0.25, 0.3) is 5.91 Å².